The summed E-state index contributed by atoms with van der Waals surface area (Å²) in [6.45, 7) is 7.13. The highest BCUT2D eigenvalue weighted by Crippen LogP contribution is 2.24. The molecule has 0 saturated heterocycles. The molecule has 0 fully saturated rings. The van der Waals surface area contributed by atoms with E-state index in [4.69, 9.17) is 11.6 Å². The minimum Gasteiger partial charge on any atom is -0.380 e. The molecule has 2 rings (SSSR count). The predicted octanol–water partition coefficient (Wildman–Crippen LogP) is 4.88. The molecule has 2 aromatic rings. The Morgan fingerprint density at radius 3 is 2.28 bits per heavy atom. The van der Waals surface area contributed by atoms with Crippen molar-refractivity contribution in [1.29, 1.82) is 0 Å². The Morgan fingerprint density at radius 2 is 1.67 bits per heavy atom. The van der Waals surface area contributed by atoms with E-state index in [9.17, 15) is 0 Å². The van der Waals surface area contributed by atoms with E-state index in [1.165, 1.54) is 22.3 Å². The highest BCUT2D eigenvalue weighted by molar-refractivity contribution is 6.33. The van der Waals surface area contributed by atoms with Crippen LogP contribution in [0.5, 0.6) is 0 Å². The van der Waals surface area contributed by atoms with Crippen LogP contribution in [-0.4, -0.2) is 0 Å². The van der Waals surface area contributed by atoms with Crippen LogP contribution >= 0.6 is 11.6 Å². The Labute approximate surface area is 114 Å². The standard InChI is InChI=1S/C16H18ClN/c1-11-7-8-16(15(17)9-11)18-10-14-12(2)5-4-6-13(14)3/h4-9,18H,10H2,1-3H3. The maximum atomic E-state index is 6.21. The molecule has 0 aliphatic rings. The van der Waals surface area contributed by atoms with Gasteiger partial charge in [-0.15, -0.1) is 0 Å². The van der Waals surface area contributed by atoms with Gasteiger partial charge in [-0.3, -0.25) is 0 Å². The third-order valence-electron chi connectivity index (χ3n) is 3.22. The van der Waals surface area contributed by atoms with Gasteiger partial charge in [0.15, 0.2) is 0 Å². The van der Waals surface area contributed by atoms with Crippen molar-refractivity contribution in [3.8, 4) is 0 Å². The van der Waals surface area contributed by atoms with Gasteiger partial charge in [0.1, 0.15) is 0 Å². The molecule has 0 saturated carbocycles. The third-order valence-corrected chi connectivity index (χ3v) is 3.54. The Morgan fingerprint density at radius 1 is 1.00 bits per heavy atom. The molecule has 94 valence electrons. The monoisotopic (exact) mass is 259 g/mol. The van der Waals surface area contributed by atoms with Crippen LogP contribution in [0, 0.1) is 20.8 Å². The number of hydrogen-bond acceptors (Lipinski definition) is 1. The molecule has 0 aliphatic carbocycles. The molecule has 0 aliphatic heterocycles. The van der Waals surface area contributed by atoms with Crippen LogP contribution in [0.4, 0.5) is 5.69 Å². The Bertz CT molecular complexity index is 541. The fourth-order valence-electron chi connectivity index (χ4n) is 2.07. The smallest absolute Gasteiger partial charge is 0.0640 e. The number of benzene rings is 2. The van der Waals surface area contributed by atoms with E-state index in [1.54, 1.807) is 0 Å². The lowest BCUT2D eigenvalue weighted by molar-refractivity contribution is 1.09. The quantitative estimate of drug-likeness (QED) is 0.829. The first-order valence-corrected chi connectivity index (χ1v) is 6.51. The topological polar surface area (TPSA) is 12.0 Å². The molecule has 0 heterocycles. The summed E-state index contributed by atoms with van der Waals surface area (Å²) in [5.74, 6) is 0. The largest absolute Gasteiger partial charge is 0.380 e. The van der Waals surface area contributed by atoms with Gasteiger partial charge < -0.3 is 5.32 Å². The SMILES string of the molecule is Cc1ccc(NCc2c(C)cccc2C)c(Cl)c1. The molecular weight excluding hydrogens is 242 g/mol. The minimum absolute atomic E-state index is 0.779. The van der Waals surface area contributed by atoms with Crippen LogP contribution in [0.3, 0.4) is 0 Å². The average Bonchev–Trinajstić information content (AvgIpc) is 2.31. The van der Waals surface area contributed by atoms with Crippen molar-refractivity contribution in [3.05, 3.63) is 63.7 Å². The molecule has 0 radical (unpaired) electrons. The van der Waals surface area contributed by atoms with Gasteiger partial charge in [-0.05, 0) is 55.2 Å². The predicted molar refractivity (Wildman–Crippen MR) is 79.4 cm³/mol. The van der Waals surface area contributed by atoms with Crippen molar-refractivity contribution in [2.45, 2.75) is 27.3 Å². The summed E-state index contributed by atoms with van der Waals surface area (Å²) < 4.78 is 0. The molecule has 0 atom stereocenters. The summed E-state index contributed by atoms with van der Waals surface area (Å²) in [7, 11) is 0. The van der Waals surface area contributed by atoms with Crippen molar-refractivity contribution in [3.63, 3.8) is 0 Å². The van der Waals surface area contributed by atoms with E-state index < -0.39 is 0 Å². The van der Waals surface area contributed by atoms with Crippen LogP contribution in [0.2, 0.25) is 5.02 Å². The van der Waals surface area contributed by atoms with Gasteiger partial charge in [-0.2, -0.15) is 0 Å². The summed E-state index contributed by atoms with van der Waals surface area (Å²) in [6, 6.07) is 12.5. The van der Waals surface area contributed by atoms with Crippen molar-refractivity contribution in [2.24, 2.45) is 0 Å². The van der Waals surface area contributed by atoms with Gasteiger partial charge in [0.25, 0.3) is 0 Å². The third kappa shape index (κ3) is 2.85. The van der Waals surface area contributed by atoms with E-state index in [-0.39, 0.29) is 0 Å². The van der Waals surface area contributed by atoms with Crippen molar-refractivity contribution >= 4 is 17.3 Å². The molecule has 2 heteroatoms. The van der Waals surface area contributed by atoms with Gasteiger partial charge in [0.2, 0.25) is 0 Å². The molecule has 0 unspecified atom stereocenters. The number of aryl methyl sites for hydroxylation is 3. The fourth-order valence-corrected chi connectivity index (χ4v) is 2.38. The lowest BCUT2D eigenvalue weighted by Crippen LogP contribution is -2.03. The first-order chi connectivity index (χ1) is 8.58. The molecule has 0 amide bonds. The van der Waals surface area contributed by atoms with Gasteiger partial charge in [0.05, 0.1) is 10.7 Å². The van der Waals surface area contributed by atoms with E-state index in [2.05, 4.69) is 43.4 Å². The van der Waals surface area contributed by atoms with Gasteiger partial charge in [-0.1, -0.05) is 35.9 Å². The van der Waals surface area contributed by atoms with Crippen LogP contribution < -0.4 is 5.32 Å². The maximum Gasteiger partial charge on any atom is 0.0640 e. The summed E-state index contributed by atoms with van der Waals surface area (Å²) in [5, 5.41) is 4.19. The first-order valence-electron chi connectivity index (χ1n) is 6.13. The van der Waals surface area contributed by atoms with Crippen molar-refractivity contribution < 1.29 is 0 Å². The molecule has 1 nitrogen and oxygen atoms in total. The number of rotatable bonds is 3. The van der Waals surface area contributed by atoms with E-state index in [1.807, 2.05) is 19.1 Å². The van der Waals surface area contributed by atoms with E-state index >= 15 is 0 Å². The maximum absolute atomic E-state index is 6.21. The highest BCUT2D eigenvalue weighted by atomic mass is 35.5. The molecule has 0 aromatic heterocycles. The van der Waals surface area contributed by atoms with Gasteiger partial charge in [0, 0.05) is 6.54 Å². The second-order valence-electron chi connectivity index (χ2n) is 4.71. The normalized spacial score (nSPS) is 10.4. The second-order valence-corrected chi connectivity index (χ2v) is 5.11. The van der Waals surface area contributed by atoms with Crippen molar-refractivity contribution in [1.82, 2.24) is 0 Å². The van der Waals surface area contributed by atoms with Crippen LogP contribution in [0.1, 0.15) is 22.3 Å². The molecular formula is C16H18ClN. The van der Waals surface area contributed by atoms with E-state index in [0.717, 1.165) is 17.3 Å². The zero-order valence-corrected chi connectivity index (χ0v) is 11.8. The zero-order valence-electron chi connectivity index (χ0n) is 11.0. The lowest BCUT2D eigenvalue weighted by Gasteiger charge is -2.13. The van der Waals surface area contributed by atoms with E-state index in [0.29, 0.717) is 0 Å². The molecule has 2 aromatic carbocycles. The second kappa shape index (κ2) is 5.45. The Balaban J connectivity index is 2.16. The van der Waals surface area contributed by atoms with Gasteiger partial charge in [-0.25, -0.2) is 0 Å². The lowest BCUT2D eigenvalue weighted by atomic mass is 10.0. The number of anilines is 1. The van der Waals surface area contributed by atoms with Crippen LogP contribution in [0.15, 0.2) is 36.4 Å². The number of halogens is 1. The average molecular weight is 260 g/mol. The Hall–Kier alpha value is -1.47. The summed E-state index contributed by atoms with van der Waals surface area (Å²) >= 11 is 6.21. The number of nitrogens with one attached hydrogen (secondary N) is 1. The zero-order chi connectivity index (χ0) is 13.1. The molecule has 0 spiro atoms. The van der Waals surface area contributed by atoms with Crippen LogP contribution in [-0.2, 0) is 6.54 Å². The number of hydrogen-bond donors (Lipinski definition) is 1. The van der Waals surface area contributed by atoms with Crippen LogP contribution in [0.25, 0.3) is 0 Å². The molecule has 1 N–H and O–H groups in total. The summed E-state index contributed by atoms with van der Waals surface area (Å²) in [6.07, 6.45) is 0. The van der Waals surface area contributed by atoms with Gasteiger partial charge >= 0.3 is 0 Å². The molecule has 18 heavy (non-hydrogen) atoms. The summed E-state index contributed by atoms with van der Waals surface area (Å²) in [4.78, 5) is 0. The first kappa shape index (κ1) is 13.0. The summed E-state index contributed by atoms with van der Waals surface area (Å²) in [5.41, 5.74) is 6.13. The molecule has 0 bridgehead atoms. The Kier molecular flexibility index (Phi) is 3.93. The minimum atomic E-state index is 0.779. The fraction of sp³-hybridized carbons (Fsp3) is 0.250. The highest BCUT2D eigenvalue weighted by Gasteiger charge is 2.04. The van der Waals surface area contributed by atoms with Crippen molar-refractivity contribution in [2.75, 3.05) is 5.32 Å².